The Morgan fingerprint density at radius 2 is 2.04 bits per heavy atom. The topological polar surface area (TPSA) is 91.3 Å². The van der Waals surface area contributed by atoms with Gasteiger partial charge in [0.2, 0.25) is 0 Å². The molecule has 2 amide bonds. The summed E-state index contributed by atoms with van der Waals surface area (Å²) in [4.78, 5) is 31.0. The number of amides is 2. The Kier molecular flexibility index (Phi) is 4.33. The Morgan fingerprint density at radius 1 is 1.25 bits per heavy atom. The van der Waals surface area contributed by atoms with Crippen molar-refractivity contribution in [1.29, 1.82) is 0 Å². The van der Waals surface area contributed by atoms with Crippen LogP contribution in [-0.2, 0) is 13.1 Å². The van der Waals surface area contributed by atoms with Gasteiger partial charge in [0.05, 0.1) is 18.8 Å². The number of hydrogen-bond donors (Lipinski definition) is 3. The number of carbonyl (C=O) groups excluding carboxylic acids is 1. The van der Waals surface area contributed by atoms with Gasteiger partial charge < -0.3 is 20.0 Å². The lowest BCUT2D eigenvalue weighted by Crippen LogP contribution is -2.36. The summed E-state index contributed by atoms with van der Waals surface area (Å²) >= 11 is 0. The van der Waals surface area contributed by atoms with E-state index in [4.69, 9.17) is 0 Å². The Bertz CT molecular complexity index is 909. The molecule has 124 valence electrons. The Balaban J connectivity index is 1.57. The van der Waals surface area contributed by atoms with Gasteiger partial charge >= 0.3 is 6.03 Å². The van der Waals surface area contributed by atoms with Crippen LogP contribution in [0.3, 0.4) is 0 Å². The van der Waals surface area contributed by atoms with E-state index in [1.54, 1.807) is 0 Å². The van der Waals surface area contributed by atoms with Gasteiger partial charge in [-0.15, -0.1) is 0 Å². The van der Waals surface area contributed by atoms with Crippen molar-refractivity contribution in [2.45, 2.75) is 26.9 Å². The van der Waals surface area contributed by atoms with E-state index in [1.807, 2.05) is 54.9 Å². The van der Waals surface area contributed by atoms with Crippen molar-refractivity contribution in [2.75, 3.05) is 0 Å². The molecule has 3 rings (SSSR count). The molecule has 3 heterocycles. The van der Waals surface area contributed by atoms with E-state index in [0.717, 1.165) is 22.6 Å². The highest BCUT2D eigenvalue weighted by atomic mass is 16.2. The Labute approximate surface area is 138 Å². The maximum Gasteiger partial charge on any atom is 0.315 e. The van der Waals surface area contributed by atoms with Gasteiger partial charge in [-0.2, -0.15) is 0 Å². The van der Waals surface area contributed by atoms with E-state index >= 15 is 0 Å². The summed E-state index contributed by atoms with van der Waals surface area (Å²) in [6, 6.07) is 7.27. The average molecular weight is 325 g/mol. The van der Waals surface area contributed by atoms with E-state index in [-0.39, 0.29) is 18.1 Å². The number of fused-ring (bicyclic) bond motifs is 1. The largest absolute Gasteiger partial charge is 0.334 e. The molecule has 0 aliphatic rings. The van der Waals surface area contributed by atoms with Crippen LogP contribution in [0, 0.1) is 13.8 Å². The number of urea groups is 1. The highest BCUT2D eigenvalue weighted by molar-refractivity contribution is 5.73. The number of carbonyl (C=O) groups is 1. The third-order valence-electron chi connectivity index (χ3n) is 3.76. The predicted octanol–water partition coefficient (Wildman–Crippen LogP) is 1.64. The molecule has 0 atom stereocenters. The van der Waals surface area contributed by atoms with E-state index in [1.165, 1.54) is 0 Å². The predicted molar refractivity (Wildman–Crippen MR) is 90.8 cm³/mol. The normalized spacial score (nSPS) is 10.8. The van der Waals surface area contributed by atoms with Crippen LogP contribution in [0.4, 0.5) is 4.79 Å². The second kappa shape index (κ2) is 6.57. The molecule has 7 nitrogen and oxygen atoms in total. The van der Waals surface area contributed by atoms with Gasteiger partial charge in [0.15, 0.2) is 0 Å². The zero-order chi connectivity index (χ0) is 17.1. The number of aryl methyl sites for hydroxylation is 2. The molecule has 0 unspecified atom stereocenters. The van der Waals surface area contributed by atoms with E-state index in [0.29, 0.717) is 12.1 Å². The minimum atomic E-state index is -0.341. The lowest BCUT2D eigenvalue weighted by Gasteiger charge is -2.08. The summed E-state index contributed by atoms with van der Waals surface area (Å²) in [6.07, 6.45) is 3.77. The lowest BCUT2D eigenvalue weighted by atomic mass is 10.1. The molecule has 0 radical (unpaired) electrons. The van der Waals surface area contributed by atoms with Gasteiger partial charge in [0.25, 0.3) is 5.56 Å². The minimum absolute atomic E-state index is 0.173. The van der Waals surface area contributed by atoms with Crippen LogP contribution in [-0.4, -0.2) is 20.4 Å². The molecule has 7 heteroatoms. The fourth-order valence-corrected chi connectivity index (χ4v) is 2.58. The monoisotopic (exact) mass is 325 g/mol. The molecule has 0 fully saturated rings. The molecule has 3 N–H and O–H groups in total. The molecule has 24 heavy (non-hydrogen) atoms. The molecular formula is C17H19N5O2. The number of aromatic amines is 1. The maximum atomic E-state index is 11.9. The summed E-state index contributed by atoms with van der Waals surface area (Å²) < 4.78 is 1.89. The first-order valence-electron chi connectivity index (χ1n) is 7.66. The number of H-pyrrole nitrogens is 1. The molecule has 3 aromatic rings. The Morgan fingerprint density at radius 3 is 2.79 bits per heavy atom. The van der Waals surface area contributed by atoms with Crippen LogP contribution in [0.5, 0.6) is 0 Å². The Hall–Kier alpha value is -3.09. The number of imidazole rings is 1. The summed E-state index contributed by atoms with van der Waals surface area (Å²) in [5.74, 6) is 0. The third-order valence-corrected chi connectivity index (χ3v) is 3.76. The highest BCUT2D eigenvalue weighted by Gasteiger charge is 2.08. The average Bonchev–Trinajstić information content (AvgIpc) is 2.94. The number of pyridine rings is 2. The van der Waals surface area contributed by atoms with Crippen LogP contribution >= 0.6 is 0 Å². The van der Waals surface area contributed by atoms with Crippen LogP contribution in [0.1, 0.15) is 22.5 Å². The number of aromatic nitrogens is 3. The van der Waals surface area contributed by atoms with Crippen LogP contribution in [0.25, 0.3) is 5.65 Å². The molecule has 0 aromatic carbocycles. The van der Waals surface area contributed by atoms with Gasteiger partial charge in [0, 0.05) is 23.7 Å². The summed E-state index contributed by atoms with van der Waals surface area (Å²) in [5.41, 5.74) is 3.64. The number of nitrogens with one attached hydrogen (secondary N) is 3. The quantitative estimate of drug-likeness (QED) is 0.681. The molecular weight excluding hydrogens is 306 g/mol. The summed E-state index contributed by atoms with van der Waals surface area (Å²) in [7, 11) is 0. The molecule has 0 bridgehead atoms. The van der Waals surface area contributed by atoms with Crippen molar-refractivity contribution in [3.63, 3.8) is 0 Å². The molecule has 0 spiro atoms. The number of rotatable bonds is 4. The first kappa shape index (κ1) is 15.8. The molecule has 0 aliphatic carbocycles. The fourth-order valence-electron chi connectivity index (χ4n) is 2.58. The van der Waals surface area contributed by atoms with Gasteiger partial charge in [-0.05, 0) is 37.6 Å². The fraction of sp³-hybridized carbons (Fsp3) is 0.235. The second-order valence-electron chi connectivity index (χ2n) is 5.68. The standard InChI is InChI=1S/C17H19N5O2/c1-11-7-12(2)20-16(23)14(11)9-19-17(24)18-8-13-10-22-6-4-3-5-15(22)21-13/h3-7,10H,8-9H2,1-2H3,(H,20,23)(H2,18,19,24). The van der Waals surface area contributed by atoms with E-state index < -0.39 is 0 Å². The smallest absolute Gasteiger partial charge is 0.315 e. The SMILES string of the molecule is Cc1cc(C)c(CNC(=O)NCc2cn3ccccc3n2)c(=O)[nH]1. The van der Waals surface area contributed by atoms with Crippen molar-refractivity contribution < 1.29 is 4.79 Å². The minimum Gasteiger partial charge on any atom is -0.334 e. The van der Waals surface area contributed by atoms with Gasteiger partial charge in [-0.1, -0.05) is 6.07 Å². The first-order valence-corrected chi connectivity index (χ1v) is 7.66. The van der Waals surface area contributed by atoms with Crippen molar-refractivity contribution in [3.05, 3.63) is 69.5 Å². The van der Waals surface area contributed by atoms with E-state index in [9.17, 15) is 9.59 Å². The zero-order valence-corrected chi connectivity index (χ0v) is 13.6. The first-order chi connectivity index (χ1) is 11.5. The van der Waals surface area contributed by atoms with Crippen LogP contribution in [0.15, 0.2) is 41.5 Å². The van der Waals surface area contributed by atoms with Crippen molar-refractivity contribution >= 4 is 11.7 Å². The van der Waals surface area contributed by atoms with Crippen molar-refractivity contribution in [1.82, 2.24) is 25.0 Å². The summed E-state index contributed by atoms with van der Waals surface area (Å²) in [6.45, 7) is 4.18. The van der Waals surface area contributed by atoms with E-state index in [2.05, 4.69) is 20.6 Å². The third kappa shape index (κ3) is 3.45. The van der Waals surface area contributed by atoms with Crippen molar-refractivity contribution in [2.24, 2.45) is 0 Å². The maximum absolute atomic E-state index is 11.9. The van der Waals surface area contributed by atoms with Crippen molar-refractivity contribution in [3.8, 4) is 0 Å². The van der Waals surface area contributed by atoms with Gasteiger partial charge in [-0.3, -0.25) is 4.79 Å². The lowest BCUT2D eigenvalue weighted by molar-refractivity contribution is 0.240. The molecule has 3 aromatic heterocycles. The highest BCUT2D eigenvalue weighted by Crippen LogP contribution is 2.04. The van der Waals surface area contributed by atoms with Crippen LogP contribution < -0.4 is 16.2 Å². The molecule has 0 aliphatic heterocycles. The van der Waals surface area contributed by atoms with Gasteiger partial charge in [0.1, 0.15) is 5.65 Å². The molecule has 0 saturated carbocycles. The number of nitrogens with zero attached hydrogens (tertiary/aromatic N) is 2. The van der Waals surface area contributed by atoms with Crippen LogP contribution in [0.2, 0.25) is 0 Å². The second-order valence-corrected chi connectivity index (χ2v) is 5.68. The summed E-state index contributed by atoms with van der Waals surface area (Å²) in [5, 5.41) is 5.44. The molecule has 0 saturated heterocycles. The number of hydrogen-bond acceptors (Lipinski definition) is 3. The zero-order valence-electron chi connectivity index (χ0n) is 13.6. The van der Waals surface area contributed by atoms with Gasteiger partial charge in [-0.25, -0.2) is 9.78 Å².